The Morgan fingerprint density at radius 1 is 1.53 bits per heavy atom. The number of fused-ring (bicyclic) bond motifs is 1. The van der Waals surface area contributed by atoms with Crippen LogP contribution >= 0.6 is 0 Å². The zero-order chi connectivity index (χ0) is 10.8. The van der Waals surface area contributed by atoms with Crippen molar-refractivity contribution < 1.29 is 5.11 Å². The molecule has 0 aliphatic rings. The number of nitrogens with one attached hydrogen (secondary N) is 1. The Morgan fingerprint density at radius 2 is 2.33 bits per heavy atom. The van der Waals surface area contributed by atoms with Crippen LogP contribution in [0.25, 0.3) is 10.9 Å². The molecule has 76 valence electrons. The normalized spacial score (nSPS) is 12.6. The van der Waals surface area contributed by atoms with Crippen LogP contribution in [0.2, 0.25) is 0 Å². The van der Waals surface area contributed by atoms with E-state index in [0.717, 1.165) is 22.0 Å². The lowest BCUT2D eigenvalue weighted by atomic mass is 10.0. The van der Waals surface area contributed by atoms with Gasteiger partial charge in [0.2, 0.25) is 0 Å². The van der Waals surface area contributed by atoms with Gasteiger partial charge in [0.15, 0.2) is 0 Å². The highest BCUT2D eigenvalue weighted by Crippen LogP contribution is 2.25. The summed E-state index contributed by atoms with van der Waals surface area (Å²) in [4.78, 5) is 3.17. The fourth-order valence-electron chi connectivity index (χ4n) is 1.84. The highest BCUT2D eigenvalue weighted by Gasteiger charge is 2.09. The number of para-hydroxylation sites is 1. The molecule has 0 bridgehead atoms. The van der Waals surface area contributed by atoms with E-state index in [9.17, 15) is 5.11 Å². The molecule has 2 nitrogen and oxygen atoms in total. The second kappa shape index (κ2) is 3.80. The van der Waals surface area contributed by atoms with Crippen molar-refractivity contribution in [3.63, 3.8) is 0 Å². The van der Waals surface area contributed by atoms with Gasteiger partial charge in [0, 0.05) is 23.6 Å². The van der Waals surface area contributed by atoms with Crippen LogP contribution in [0.1, 0.15) is 24.2 Å². The topological polar surface area (TPSA) is 36.0 Å². The molecule has 0 fully saturated rings. The Bertz CT molecular complexity index is 517. The van der Waals surface area contributed by atoms with Crippen LogP contribution in [0.4, 0.5) is 0 Å². The van der Waals surface area contributed by atoms with Crippen LogP contribution < -0.4 is 0 Å². The zero-order valence-corrected chi connectivity index (χ0v) is 8.62. The van der Waals surface area contributed by atoms with Crippen molar-refractivity contribution in [1.29, 1.82) is 0 Å². The lowest BCUT2D eigenvalue weighted by molar-refractivity contribution is 0.200. The largest absolute Gasteiger partial charge is 0.389 e. The summed E-state index contributed by atoms with van der Waals surface area (Å²) in [5, 5.41) is 10.7. The smallest absolute Gasteiger partial charge is 0.0782 e. The predicted molar refractivity (Wildman–Crippen MR) is 61.5 cm³/mol. The number of H-pyrrole nitrogens is 1. The number of aromatic amines is 1. The molecule has 0 radical (unpaired) electrons. The van der Waals surface area contributed by atoms with E-state index in [1.165, 1.54) is 0 Å². The number of aliphatic hydroxyl groups is 1. The number of aromatic nitrogens is 1. The Balaban J connectivity index is 2.64. The van der Waals surface area contributed by atoms with Crippen LogP contribution in [0.5, 0.6) is 0 Å². The summed E-state index contributed by atoms with van der Waals surface area (Å²) in [6, 6.07) is 5.88. The first-order valence-corrected chi connectivity index (χ1v) is 4.94. The number of rotatable bonds is 2. The molecule has 0 saturated heterocycles. The number of hydrogen-bond donors (Lipinski definition) is 2. The van der Waals surface area contributed by atoms with Crippen LogP contribution in [-0.2, 0) is 6.42 Å². The third-order valence-corrected chi connectivity index (χ3v) is 2.58. The summed E-state index contributed by atoms with van der Waals surface area (Å²) in [7, 11) is 0. The first-order chi connectivity index (χ1) is 7.24. The Morgan fingerprint density at radius 3 is 3.00 bits per heavy atom. The molecule has 0 aliphatic heterocycles. The first kappa shape index (κ1) is 9.82. The summed E-state index contributed by atoms with van der Waals surface area (Å²) in [6.45, 7) is 1.76. The van der Waals surface area contributed by atoms with Crippen LogP contribution in [0, 0.1) is 12.3 Å². The highest BCUT2D eigenvalue weighted by molar-refractivity contribution is 5.86. The van der Waals surface area contributed by atoms with Gasteiger partial charge in [-0.15, -0.1) is 12.3 Å². The third-order valence-electron chi connectivity index (χ3n) is 2.58. The molecule has 2 aromatic rings. The van der Waals surface area contributed by atoms with Gasteiger partial charge in [0.25, 0.3) is 0 Å². The van der Waals surface area contributed by atoms with Gasteiger partial charge in [-0.1, -0.05) is 18.2 Å². The van der Waals surface area contributed by atoms with Crippen molar-refractivity contribution in [2.75, 3.05) is 0 Å². The van der Waals surface area contributed by atoms with Crippen molar-refractivity contribution in [1.82, 2.24) is 4.98 Å². The summed E-state index contributed by atoms with van der Waals surface area (Å²) >= 11 is 0. The molecule has 0 aliphatic carbocycles. The molecule has 0 spiro atoms. The Labute approximate surface area is 88.9 Å². The highest BCUT2D eigenvalue weighted by atomic mass is 16.3. The minimum Gasteiger partial charge on any atom is -0.389 e. The Hall–Kier alpha value is -1.72. The number of aliphatic hydroxyl groups excluding tert-OH is 1. The number of hydrogen-bond acceptors (Lipinski definition) is 1. The average Bonchev–Trinajstić information content (AvgIpc) is 2.62. The molecule has 0 amide bonds. The maximum atomic E-state index is 9.60. The minimum atomic E-state index is -0.467. The van der Waals surface area contributed by atoms with E-state index in [4.69, 9.17) is 6.42 Å². The van der Waals surface area contributed by atoms with E-state index in [2.05, 4.69) is 10.9 Å². The minimum absolute atomic E-state index is 0.467. The zero-order valence-electron chi connectivity index (χ0n) is 8.62. The van der Waals surface area contributed by atoms with Gasteiger partial charge in [-0.3, -0.25) is 0 Å². The molecule has 0 saturated carbocycles. The van der Waals surface area contributed by atoms with Gasteiger partial charge in [-0.2, -0.15) is 0 Å². The van der Waals surface area contributed by atoms with Gasteiger partial charge in [-0.25, -0.2) is 0 Å². The van der Waals surface area contributed by atoms with Gasteiger partial charge < -0.3 is 10.1 Å². The standard InChI is InChI=1S/C13H13NO/c1-3-5-10-8-14-13-11(9(2)15)6-4-7-12(10)13/h1,4,6-9,14-15H,5H2,2H3. The van der Waals surface area contributed by atoms with Crippen LogP contribution in [0.3, 0.4) is 0 Å². The monoisotopic (exact) mass is 199 g/mol. The lowest BCUT2D eigenvalue weighted by Gasteiger charge is -2.05. The molecular weight excluding hydrogens is 186 g/mol. The fourth-order valence-corrected chi connectivity index (χ4v) is 1.84. The van der Waals surface area contributed by atoms with E-state index in [-0.39, 0.29) is 0 Å². The van der Waals surface area contributed by atoms with Crippen molar-refractivity contribution in [2.45, 2.75) is 19.4 Å². The maximum absolute atomic E-state index is 9.60. The predicted octanol–water partition coefficient (Wildman–Crippen LogP) is 2.40. The van der Waals surface area contributed by atoms with Crippen molar-refractivity contribution in [3.05, 3.63) is 35.5 Å². The molecule has 1 unspecified atom stereocenters. The number of benzene rings is 1. The van der Waals surface area contributed by atoms with Crippen molar-refractivity contribution in [2.24, 2.45) is 0 Å². The second-order valence-corrected chi connectivity index (χ2v) is 3.64. The van der Waals surface area contributed by atoms with Crippen molar-refractivity contribution >= 4 is 10.9 Å². The van der Waals surface area contributed by atoms with E-state index >= 15 is 0 Å². The van der Waals surface area contributed by atoms with Gasteiger partial charge in [-0.05, 0) is 12.5 Å². The molecule has 2 N–H and O–H groups in total. The summed E-state index contributed by atoms with van der Waals surface area (Å²) < 4.78 is 0. The summed E-state index contributed by atoms with van der Waals surface area (Å²) in [5.74, 6) is 2.63. The molecule has 1 atom stereocenters. The molecule has 1 aromatic heterocycles. The second-order valence-electron chi connectivity index (χ2n) is 3.64. The third kappa shape index (κ3) is 1.62. The Kier molecular flexibility index (Phi) is 2.49. The fraction of sp³-hybridized carbons (Fsp3) is 0.231. The molecule has 1 heterocycles. The number of terminal acetylenes is 1. The molecule has 2 rings (SSSR count). The summed E-state index contributed by atoms with van der Waals surface area (Å²) in [5.41, 5.74) is 3.00. The van der Waals surface area contributed by atoms with Crippen LogP contribution in [0.15, 0.2) is 24.4 Å². The quantitative estimate of drug-likeness (QED) is 0.716. The SMILES string of the molecule is C#CCc1c[nH]c2c(C(C)O)cccc12. The molecule has 15 heavy (non-hydrogen) atoms. The molecular formula is C13H13NO. The van der Waals surface area contributed by atoms with E-state index < -0.39 is 6.10 Å². The first-order valence-electron chi connectivity index (χ1n) is 4.94. The van der Waals surface area contributed by atoms with Crippen LogP contribution in [-0.4, -0.2) is 10.1 Å². The average molecular weight is 199 g/mol. The van der Waals surface area contributed by atoms with E-state index in [1.807, 2.05) is 24.4 Å². The molecule has 1 aromatic carbocycles. The maximum Gasteiger partial charge on any atom is 0.0782 e. The van der Waals surface area contributed by atoms with Gasteiger partial charge in [0.05, 0.1) is 11.6 Å². The van der Waals surface area contributed by atoms with E-state index in [1.54, 1.807) is 6.92 Å². The molecule has 2 heteroatoms. The van der Waals surface area contributed by atoms with Gasteiger partial charge in [0.1, 0.15) is 0 Å². The lowest BCUT2D eigenvalue weighted by Crippen LogP contribution is -1.91. The summed E-state index contributed by atoms with van der Waals surface area (Å²) in [6.07, 6.45) is 7.36. The van der Waals surface area contributed by atoms with E-state index in [0.29, 0.717) is 6.42 Å². The van der Waals surface area contributed by atoms with Crippen molar-refractivity contribution in [3.8, 4) is 12.3 Å². The van der Waals surface area contributed by atoms with Gasteiger partial charge >= 0.3 is 0 Å².